The molecule has 0 aromatic rings. The van der Waals surface area contributed by atoms with E-state index >= 15 is 0 Å². The van der Waals surface area contributed by atoms with Gasteiger partial charge in [0.15, 0.2) is 0 Å². The summed E-state index contributed by atoms with van der Waals surface area (Å²) in [4.78, 5) is 11.6. The second-order valence-corrected chi connectivity index (χ2v) is 7.81. The van der Waals surface area contributed by atoms with E-state index in [2.05, 4.69) is 26.8 Å². The van der Waals surface area contributed by atoms with Crippen molar-refractivity contribution < 1.29 is 24.1 Å². The minimum Gasteiger partial charge on any atom is -0.459 e. The molecule has 2 aliphatic heterocycles. The fourth-order valence-corrected chi connectivity index (χ4v) is 5.25. The number of hydrogen-bond donors (Lipinski definition) is 1. The highest BCUT2D eigenvalue weighted by molar-refractivity contribution is 5.66. The summed E-state index contributed by atoms with van der Waals surface area (Å²) in [7, 11) is 0. The predicted octanol–water partition coefficient (Wildman–Crippen LogP) is 1.58. The van der Waals surface area contributed by atoms with Gasteiger partial charge in [0.05, 0.1) is 12.7 Å². The first-order valence-corrected chi connectivity index (χ1v) is 8.08. The topological polar surface area (TPSA) is 68.3 Å². The highest BCUT2D eigenvalue weighted by Gasteiger charge is 2.84. The van der Waals surface area contributed by atoms with E-state index < -0.39 is 29.3 Å². The van der Waals surface area contributed by atoms with Crippen molar-refractivity contribution in [2.75, 3.05) is 6.61 Å². The monoisotopic (exact) mass is 308 g/mol. The van der Waals surface area contributed by atoms with E-state index in [1.54, 1.807) is 0 Å². The molecular weight excluding hydrogens is 284 g/mol. The molecule has 2 heterocycles. The molecule has 2 bridgehead atoms. The molecule has 1 N–H and O–H groups in total. The third-order valence-corrected chi connectivity index (χ3v) is 6.86. The van der Waals surface area contributed by atoms with Gasteiger partial charge in [-0.25, -0.2) is 0 Å². The molecule has 0 aromatic heterocycles. The average molecular weight is 308 g/mol. The number of ether oxygens (including phenoxy) is 3. The summed E-state index contributed by atoms with van der Waals surface area (Å²) < 4.78 is 17.7. The van der Waals surface area contributed by atoms with Crippen LogP contribution in [0, 0.1) is 10.8 Å². The maximum absolute atomic E-state index is 11.6. The van der Waals surface area contributed by atoms with Crippen LogP contribution < -0.4 is 0 Å². The number of rotatable bonds is 1. The van der Waals surface area contributed by atoms with Crippen molar-refractivity contribution in [3.8, 4) is 0 Å². The van der Waals surface area contributed by atoms with Crippen LogP contribution in [0.25, 0.3) is 0 Å². The molecule has 4 rings (SSSR count). The fourth-order valence-electron chi connectivity index (χ4n) is 5.25. The zero-order valence-electron chi connectivity index (χ0n) is 13.6. The first-order valence-electron chi connectivity index (χ1n) is 8.08. The number of allylic oxidation sites excluding steroid dienone is 1. The van der Waals surface area contributed by atoms with Crippen molar-refractivity contribution in [1.29, 1.82) is 0 Å². The van der Waals surface area contributed by atoms with E-state index in [-0.39, 0.29) is 17.5 Å². The van der Waals surface area contributed by atoms with Gasteiger partial charge in [0.1, 0.15) is 23.9 Å². The van der Waals surface area contributed by atoms with Gasteiger partial charge in [-0.3, -0.25) is 4.79 Å². The third kappa shape index (κ3) is 1.43. The lowest BCUT2D eigenvalue weighted by Gasteiger charge is -2.57. The molecule has 5 nitrogen and oxygen atoms in total. The van der Waals surface area contributed by atoms with Gasteiger partial charge in [-0.05, 0) is 19.8 Å². The normalized spacial score (nSPS) is 55.6. The highest BCUT2D eigenvalue weighted by atomic mass is 16.6. The Labute approximate surface area is 130 Å². The maximum atomic E-state index is 11.6. The summed E-state index contributed by atoms with van der Waals surface area (Å²) in [5, 5.41) is 10.8. The van der Waals surface area contributed by atoms with Crippen molar-refractivity contribution in [3.63, 3.8) is 0 Å². The highest BCUT2D eigenvalue weighted by Crippen LogP contribution is 2.71. The number of fused-ring (bicyclic) bond motifs is 2. The number of carbonyl (C=O) groups is 1. The number of carbonyl (C=O) groups excluding carboxylic acids is 1. The first-order chi connectivity index (χ1) is 10.3. The Balaban J connectivity index is 1.86. The number of aliphatic hydroxyl groups excluding tert-OH is 1. The molecule has 4 aliphatic rings. The van der Waals surface area contributed by atoms with Gasteiger partial charge in [-0.2, -0.15) is 0 Å². The molecule has 2 aliphatic carbocycles. The number of epoxide rings is 1. The number of aliphatic hydroxyl groups is 1. The zero-order valence-corrected chi connectivity index (χ0v) is 13.6. The summed E-state index contributed by atoms with van der Waals surface area (Å²) in [6.07, 6.45) is 2.19. The lowest BCUT2D eigenvalue weighted by Crippen LogP contribution is -2.63. The van der Waals surface area contributed by atoms with Crippen LogP contribution in [0.3, 0.4) is 0 Å². The molecule has 22 heavy (non-hydrogen) atoms. The smallest absolute Gasteiger partial charge is 0.303 e. The second-order valence-electron chi connectivity index (χ2n) is 7.81. The van der Waals surface area contributed by atoms with E-state index in [4.69, 9.17) is 14.2 Å². The minimum atomic E-state index is -0.840. The molecule has 3 fully saturated rings. The second kappa shape index (κ2) is 4.13. The third-order valence-electron chi connectivity index (χ3n) is 6.86. The summed E-state index contributed by atoms with van der Waals surface area (Å²) >= 11 is 0. The first kappa shape index (κ1) is 14.7. The maximum Gasteiger partial charge on any atom is 0.303 e. The van der Waals surface area contributed by atoms with Gasteiger partial charge in [0, 0.05) is 17.8 Å². The molecule has 0 amide bonds. The largest absolute Gasteiger partial charge is 0.459 e. The lowest BCUT2D eigenvalue weighted by atomic mass is 9.52. The van der Waals surface area contributed by atoms with Gasteiger partial charge in [-0.15, -0.1) is 0 Å². The van der Waals surface area contributed by atoms with E-state index in [1.807, 2.05) is 0 Å². The van der Waals surface area contributed by atoms with Crippen molar-refractivity contribution in [3.05, 3.63) is 11.6 Å². The van der Waals surface area contributed by atoms with E-state index in [1.165, 1.54) is 12.5 Å². The molecule has 7 atom stereocenters. The van der Waals surface area contributed by atoms with Crippen LogP contribution in [-0.2, 0) is 19.0 Å². The van der Waals surface area contributed by atoms with Crippen LogP contribution in [-0.4, -0.2) is 47.7 Å². The Hall–Kier alpha value is -0.910. The van der Waals surface area contributed by atoms with Gasteiger partial charge in [-0.1, -0.05) is 25.5 Å². The quantitative estimate of drug-likeness (QED) is 0.452. The molecular formula is C17H24O5. The molecule has 122 valence electrons. The standard InChI is InChI=1S/C17H24O5/c1-9-5-6-15(3)11(7-9)22-14-12(19)13(21-10(2)18)16(15,4)17(14)8-20-17/h7,11-14,19H,5-6,8H2,1-4H3/t11-,12-,13?,14-,15+,16-,17+/m1/s1. The summed E-state index contributed by atoms with van der Waals surface area (Å²) in [6, 6.07) is 0. The molecule has 0 aromatic carbocycles. The Bertz CT molecular complexity index is 565. The van der Waals surface area contributed by atoms with Gasteiger partial charge in [0.25, 0.3) is 0 Å². The van der Waals surface area contributed by atoms with Crippen molar-refractivity contribution >= 4 is 5.97 Å². The Morgan fingerprint density at radius 1 is 1.45 bits per heavy atom. The van der Waals surface area contributed by atoms with Crippen LogP contribution in [0.15, 0.2) is 11.6 Å². The molecule has 1 spiro atoms. The zero-order chi connectivity index (χ0) is 15.9. The molecule has 1 unspecified atom stereocenters. The Morgan fingerprint density at radius 3 is 2.73 bits per heavy atom. The van der Waals surface area contributed by atoms with Gasteiger partial charge in [0.2, 0.25) is 0 Å². The Kier molecular flexibility index (Phi) is 2.76. The van der Waals surface area contributed by atoms with Crippen LogP contribution in [0.4, 0.5) is 0 Å². The van der Waals surface area contributed by atoms with E-state index in [0.29, 0.717) is 6.61 Å². The van der Waals surface area contributed by atoms with Crippen LogP contribution in [0.2, 0.25) is 0 Å². The molecule has 1 saturated carbocycles. The number of esters is 1. The van der Waals surface area contributed by atoms with Crippen LogP contribution >= 0.6 is 0 Å². The Morgan fingerprint density at radius 2 is 2.14 bits per heavy atom. The summed E-state index contributed by atoms with van der Waals surface area (Å²) in [5.41, 5.74) is 0.126. The lowest BCUT2D eigenvalue weighted by molar-refractivity contribution is -0.210. The van der Waals surface area contributed by atoms with Crippen molar-refractivity contribution in [2.45, 2.75) is 70.6 Å². The molecule has 0 radical (unpaired) electrons. The van der Waals surface area contributed by atoms with Gasteiger partial charge >= 0.3 is 5.97 Å². The number of hydrogen-bond acceptors (Lipinski definition) is 5. The summed E-state index contributed by atoms with van der Waals surface area (Å²) in [6.45, 7) is 8.37. The SMILES string of the molecule is CC(=O)OC1[C@@H](O)[C@H]2O[C@@H]3C=C(C)CC[C@]3(C)[C@]1(C)[C@]21CO1. The molecule has 5 heteroatoms. The van der Waals surface area contributed by atoms with E-state index in [0.717, 1.165) is 12.8 Å². The van der Waals surface area contributed by atoms with E-state index in [9.17, 15) is 9.90 Å². The van der Waals surface area contributed by atoms with Crippen LogP contribution in [0.1, 0.15) is 40.5 Å². The fraction of sp³-hybridized carbons (Fsp3) is 0.824. The van der Waals surface area contributed by atoms with Crippen molar-refractivity contribution in [1.82, 2.24) is 0 Å². The summed E-state index contributed by atoms with van der Waals surface area (Å²) in [5.74, 6) is -0.365. The van der Waals surface area contributed by atoms with Crippen LogP contribution in [0.5, 0.6) is 0 Å². The van der Waals surface area contributed by atoms with Crippen molar-refractivity contribution in [2.24, 2.45) is 10.8 Å². The molecule has 2 saturated heterocycles. The minimum absolute atomic E-state index is 0.0683. The predicted molar refractivity (Wildman–Crippen MR) is 78.1 cm³/mol. The average Bonchev–Trinajstić information content (AvgIpc) is 3.22. The van der Waals surface area contributed by atoms with Gasteiger partial charge < -0.3 is 19.3 Å².